The molecular weight excluding hydrogens is 238 g/mol. The van der Waals surface area contributed by atoms with E-state index in [9.17, 15) is 0 Å². The summed E-state index contributed by atoms with van der Waals surface area (Å²) >= 11 is 1.73. The molecule has 102 valence electrons. The summed E-state index contributed by atoms with van der Waals surface area (Å²) in [5.74, 6) is 1.44. The Labute approximate surface area is 117 Å². The molecule has 0 aromatic heterocycles. The molecular formula is C16H27NS. The highest BCUT2D eigenvalue weighted by molar-refractivity contribution is 7.97. The summed E-state index contributed by atoms with van der Waals surface area (Å²) in [5.41, 5.74) is 0.401. The summed E-state index contributed by atoms with van der Waals surface area (Å²) < 4.78 is 3.50. The smallest absolute Gasteiger partial charge is 0.0228 e. The van der Waals surface area contributed by atoms with E-state index in [0.29, 0.717) is 11.3 Å². The predicted molar refractivity (Wildman–Crippen MR) is 82.7 cm³/mol. The van der Waals surface area contributed by atoms with Gasteiger partial charge in [0.15, 0.2) is 0 Å². The van der Waals surface area contributed by atoms with Crippen LogP contribution in [0.15, 0.2) is 35.2 Å². The van der Waals surface area contributed by atoms with Crippen LogP contribution in [0.1, 0.15) is 41.0 Å². The molecule has 0 aliphatic heterocycles. The summed E-state index contributed by atoms with van der Waals surface area (Å²) in [5, 5.41) is 0. The molecule has 0 fully saturated rings. The summed E-state index contributed by atoms with van der Waals surface area (Å²) in [6.07, 6.45) is 1.28. The van der Waals surface area contributed by atoms with Crippen LogP contribution in [-0.4, -0.2) is 6.54 Å². The molecule has 2 heteroatoms. The van der Waals surface area contributed by atoms with E-state index in [-0.39, 0.29) is 0 Å². The van der Waals surface area contributed by atoms with Crippen molar-refractivity contribution in [2.24, 2.45) is 17.3 Å². The van der Waals surface area contributed by atoms with Crippen molar-refractivity contribution in [3.05, 3.63) is 30.3 Å². The zero-order chi connectivity index (χ0) is 13.6. The minimum Gasteiger partial charge on any atom is -0.260 e. The van der Waals surface area contributed by atoms with E-state index < -0.39 is 0 Å². The lowest BCUT2D eigenvalue weighted by Crippen LogP contribution is -2.30. The fourth-order valence-electron chi connectivity index (χ4n) is 2.27. The van der Waals surface area contributed by atoms with Crippen molar-refractivity contribution in [3.63, 3.8) is 0 Å². The third kappa shape index (κ3) is 5.45. The van der Waals surface area contributed by atoms with Gasteiger partial charge in [0.05, 0.1) is 0 Å². The maximum atomic E-state index is 3.50. The number of hydrogen-bond donors (Lipinski definition) is 1. The molecule has 1 nitrogen and oxygen atoms in total. The van der Waals surface area contributed by atoms with Crippen LogP contribution in [0.5, 0.6) is 0 Å². The molecule has 1 atom stereocenters. The van der Waals surface area contributed by atoms with Crippen LogP contribution in [0.2, 0.25) is 0 Å². The molecule has 0 bridgehead atoms. The maximum absolute atomic E-state index is 3.50. The van der Waals surface area contributed by atoms with E-state index in [1.807, 2.05) is 0 Å². The van der Waals surface area contributed by atoms with E-state index in [1.54, 1.807) is 11.9 Å². The Balaban J connectivity index is 2.34. The van der Waals surface area contributed by atoms with Crippen molar-refractivity contribution in [3.8, 4) is 0 Å². The van der Waals surface area contributed by atoms with E-state index in [4.69, 9.17) is 0 Å². The fourth-order valence-corrected chi connectivity index (χ4v) is 3.06. The number of benzene rings is 1. The van der Waals surface area contributed by atoms with Crippen molar-refractivity contribution in [1.29, 1.82) is 0 Å². The maximum Gasteiger partial charge on any atom is 0.0228 e. The summed E-state index contributed by atoms with van der Waals surface area (Å²) in [6.45, 7) is 12.8. The minimum absolute atomic E-state index is 0.401. The Kier molecular flexibility index (Phi) is 6.24. The zero-order valence-corrected chi connectivity index (χ0v) is 13.2. The van der Waals surface area contributed by atoms with Crippen LogP contribution < -0.4 is 4.72 Å². The second-order valence-corrected chi connectivity index (χ2v) is 7.22. The van der Waals surface area contributed by atoms with Gasteiger partial charge in [-0.15, -0.1) is 0 Å². The van der Waals surface area contributed by atoms with Crippen molar-refractivity contribution in [1.82, 2.24) is 4.72 Å². The predicted octanol–water partition coefficient (Wildman–Crippen LogP) is 4.99. The van der Waals surface area contributed by atoms with Crippen LogP contribution in [0, 0.1) is 17.3 Å². The third-order valence-corrected chi connectivity index (χ3v) is 4.41. The summed E-state index contributed by atoms with van der Waals surface area (Å²) in [4.78, 5) is 1.28. The van der Waals surface area contributed by atoms with Crippen LogP contribution in [0.3, 0.4) is 0 Å². The lowest BCUT2D eigenvalue weighted by molar-refractivity contribution is 0.187. The molecule has 0 radical (unpaired) electrons. The van der Waals surface area contributed by atoms with Gasteiger partial charge < -0.3 is 0 Å². The molecule has 0 saturated heterocycles. The van der Waals surface area contributed by atoms with Gasteiger partial charge in [0.25, 0.3) is 0 Å². The standard InChI is InChI=1S/C16H27NS/c1-13(2)11-16(4,5)14(3)12-17-18-15-9-7-6-8-10-15/h6-10,13-14,17H,11-12H2,1-5H3. The van der Waals surface area contributed by atoms with Gasteiger partial charge >= 0.3 is 0 Å². The normalized spacial score (nSPS) is 13.9. The van der Waals surface area contributed by atoms with Gasteiger partial charge in [-0.05, 0) is 47.8 Å². The highest BCUT2D eigenvalue weighted by Gasteiger charge is 2.26. The molecule has 0 aliphatic rings. The third-order valence-electron chi connectivity index (χ3n) is 3.59. The number of hydrogen-bond acceptors (Lipinski definition) is 2. The largest absolute Gasteiger partial charge is 0.260 e. The average Bonchev–Trinajstić information content (AvgIpc) is 2.28. The quantitative estimate of drug-likeness (QED) is 0.697. The van der Waals surface area contributed by atoms with Gasteiger partial charge in [0, 0.05) is 11.4 Å². The van der Waals surface area contributed by atoms with Crippen LogP contribution in [0.4, 0.5) is 0 Å². The monoisotopic (exact) mass is 265 g/mol. The van der Waals surface area contributed by atoms with Crippen molar-refractivity contribution in [2.45, 2.75) is 45.9 Å². The molecule has 1 aromatic carbocycles. The topological polar surface area (TPSA) is 12.0 Å². The van der Waals surface area contributed by atoms with E-state index >= 15 is 0 Å². The first kappa shape index (κ1) is 15.6. The first-order valence-electron chi connectivity index (χ1n) is 6.86. The molecule has 1 N–H and O–H groups in total. The lowest BCUT2D eigenvalue weighted by Gasteiger charge is -2.33. The molecule has 18 heavy (non-hydrogen) atoms. The Hall–Kier alpha value is -0.470. The molecule has 0 spiro atoms. The summed E-state index contributed by atoms with van der Waals surface area (Å²) in [7, 11) is 0. The summed E-state index contributed by atoms with van der Waals surface area (Å²) in [6, 6.07) is 10.5. The molecule has 1 unspecified atom stereocenters. The lowest BCUT2D eigenvalue weighted by atomic mass is 9.74. The second-order valence-electron chi connectivity index (χ2n) is 6.25. The SMILES string of the molecule is CC(C)CC(C)(C)C(C)CNSc1ccccc1. The molecule has 0 amide bonds. The van der Waals surface area contributed by atoms with Crippen LogP contribution >= 0.6 is 11.9 Å². The van der Waals surface area contributed by atoms with Gasteiger partial charge in [-0.1, -0.05) is 52.8 Å². The second kappa shape index (κ2) is 7.20. The highest BCUT2D eigenvalue weighted by Crippen LogP contribution is 2.33. The van der Waals surface area contributed by atoms with Gasteiger partial charge in [-0.25, -0.2) is 0 Å². The number of rotatable bonds is 7. The Morgan fingerprint density at radius 2 is 1.72 bits per heavy atom. The Morgan fingerprint density at radius 3 is 2.28 bits per heavy atom. The first-order valence-corrected chi connectivity index (χ1v) is 7.68. The highest BCUT2D eigenvalue weighted by atomic mass is 32.2. The molecule has 0 saturated carbocycles. The first-order chi connectivity index (χ1) is 8.42. The van der Waals surface area contributed by atoms with E-state index in [1.165, 1.54) is 11.3 Å². The van der Waals surface area contributed by atoms with Crippen molar-refractivity contribution >= 4 is 11.9 Å². The Bertz CT molecular complexity index is 332. The fraction of sp³-hybridized carbons (Fsp3) is 0.625. The molecule has 1 rings (SSSR count). The molecule has 0 heterocycles. The number of nitrogens with one attached hydrogen (secondary N) is 1. The van der Waals surface area contributed by atoms with Gasteiger partial charge in [-0.2, -0.15) is 0 Å². The van der Waals surface area contributed by atoms with Gasteiger partial charge in [0.2, 0.25) is 0 Å². The van der Waals surface area contributed by atoms with E-state index in [2.05, 4.69) is 69.7 Å². The molecule has 0 aliphatic carbocycles. The zero-order valence-electron chi connectivity index (χ0n) is 12.4. The average molecular weight is 265 g/mol. The minimum atomic E-state index is 0.401. The van der Waals surface area contributed by atoms with Crippen molar-refractivity contribution < 1.29 is 0 Å². The van der Waals surface area contributed by atoms with Crippen LogP contribution in [0.25, 0.3) is 0 Å². The van der Waals surface area contributed by atoms with Crippen LogP contribution in [-0.2, 0) is 0 Å². The molecule has 1 aromatic rings. The van der Waals surface area contributed by atoms with Gasteiger partial charge in [0.1, 0.15) is 0 Å². The van der Waals surface area contributed by atoms with E-state index in [0.717, 1.165) is 12.5 Å². The van der Waals surface area contributed by atoms with Crippen molar-refractivity contribution in [2.75, 3.05) is 6.54 Å². The Morgan fingerprint density at radius 1 is 1.11 bits per heavy atom. The van der Waals surface area contributed by atoms with Gasteiger partial charge in [-0.3, -0.25) is 4.72 Å².